The minimum absolute atomic E-state index is 0.558. The van der Waals surface area contributed by atoms with Gasteiger partial charge in [0.25, 0.3) is 7.42 Å². The van der Waals surface area contributed by atoms with E-state index in [-0.39, 0.29) is 0 Å². The average Bonchev–Trinajstić information content (AvgIpc) is 2.28. The smallest absolute Gasteiger partial charge is 0.253 e. The summed E-state index contributed by atoms with van der Waals surface area (Å²) in [7, 11) is -1.57. The molecular formula is C12H23Cl2NSi. The fourth-order valence-corrected chi connectivity index (χ4v) is 7.26. The highest BCUT2D eigenvalue weighted by Gasteiger charge is 2.42. The first-order chi connectivity index (χ1) is 7.74. The van der Waals surface area contributed by atoms with E-state index in [1.54, 1.807) is 0 Å². The Hall–Kier alpha value is 0.757. The summed E-state index contributed by atoms with van der Waals surface area (Å²) in [6, 6.07) is 0. The Morgan fingerprint density at radius 1 is 1.19 bits per heavy atom. The second-order valence-electron chi connectivity index (χ2n) is 5.36. The Morgan fingerprint density at radius 2 is 1.94 bits per heavy atom. The standard InChI is InChI=1S/C12H23Cl2NSi/c1-2-8-15-9-7-10-5-3-4-6-11(10)12(15)16(13)14/h10-12,16H,2-9H2,1H3. The predicted octanol–water partition coefficient (Wildman–Crippen LogP) is 3.51. The Morgan fingerprint density at radius 3 is 2.62 bits per heavy atom. The molecule has 0 spiro atoms. The van der Waals surface area contributed by atoms with Gasteiger partial charge in [0.1, 0.15) is 0 Å². The maximum absolute atomic E-state index is 6.37. The Labute approximate surface area is 110 Å². The maximum Gasteiger partial charge on any atom is 0.253 e. The quantitative estimate of drug-likeness (QED) is 0.565. The van der Waals surface area contributed by atoms with Gasteiger partial charge in [-0.1, -0.05) is 26.2 Å². The molecule has 1 saturated heterocycles. The lowest BCUT2D eigenvalue weighted by Crippen LogP contribution is -2.54. The molecule has 2 fully saturated rings. The summed E-state index contributed by atoms with van der Waals surface area (Å²) >= 11 is 12.7. The lowest BCUT2D eigenvalue weighted by molar-refractivity contribution is 0.0631. The highest BCUT2D eigenvalue weighted by molar-refractivity contribution is 7.34. The highest BCUT2D eigenvalue weighted by Crippen LogP contribution is 2.41. The second kappa shape index (κ2) is 6.08. The molecule has 0 radical (unpaired) electrons. The van der Waals surface area contributed by atoms with Crippen LogP contribution in [-0.4, -0.2) is 31.1 Å². The number of hydrogen-bond donors (Lipinski definition) is 0. The summed E-state index contributed by atoms with van der Waals surface area (Å²) in [6.07, 6.45) is 8.23. The molecule has 4 heteroatoms. The molecule has 2 aliphatic rings. The number of hydrogen-bond acceptors (Lipinski definition) is 1. The molecule has 0 aromatic heterocycles. The van der Waals surface area contributed by atoms with Gasteiger partial charge >= 0.3 is 0 Å². The molecule has 2 rings (SSSR count). The van der Waals surface area contributed by atoms with Crippen LogP contribution in [0.25, 0.3) is 0 Å². The molecule has 1 aliphatic heterocycles. The van der Waals surface area contributed by atoms with Crippen LogP contribution < -0.4 is 0 Å². The number of nitrogens with zero attached hydrogens (tertiary/aromatic N) is 1. The lowest BCUT2D eigenvalue weighted by Gasteiger charge is -2.48. The van der Waals surface area contributed by atoms with E-state index in [2.05, 4.69) is 11.8 Å². The number of fused-ring (bicyclic) bond motifs is 1. The number of halogens is 2. The van der Waals surface area contributed by atoms with Gasteiger partial charge in [-0.2, -0.15) is 0 Å². The number of rotatable bonds is 3. The van der Waals surface area contributed by atoms with Crippen LogP contribution in [0.1, 0.15) is 45.4 Å². The molecule has 3 unspecified atom stereocenters. The maximum atomic E-state index is 6.37. The van der Waals surface area contributed by atoms with Gasteiger partial charge in [0.2, 0.25) is 0 Å². The first kappa shape index (κ1) is 13.2. The molecule has 1 aliphatic carbocycles. The van der Waals surface area contributed by atoms with Gasteiger partial charge in [0.15, 0.2) is 0 Å². The van der Waals surface area contributed by atoms with Crippen molar-refractivity contribution in [2.24, 2.45) is 11.8 Å². The Bertz CT molecular complexity index is 225. The van der Waals surface area contributed by atoms with E-state index in [9.17, 15) is 0 Å². The van der Waals surface area contributed by atoms with E-state index >= 15 is 0 Å². The summed E-state index contributed by atoms with van der Waals surface area (Å²) in [4.78, 5) is 2.60. The first-order valence-electron chi connectivity index (χ1n) is 6.76. The molecule has 1 saturated carbocycles. The normalized spacial score (nSPS) is 36.4. The van der Waals surface area contributed by atoms with Crippen molar-refractivity contribution < 1.29 is 0 Å². The van der Waals surface area contributed by atoms with Crippen LogP contribution in [-0.2, 0) is 0 Å². The fraction of sp³-hybridized carbons (Fsp3) is 1.00. The first-order valence-corrected chi connectivity index (χ1v) is 10.9. The van der Waals surface area contributed by atoms with Crippen molar-refractivity contribution in [3.05, 3.63) is 0 Å². The highest BCUT2D eigenvalue weighted by atomic mass is 35.7. The Kier molecular flexibility index (Phi) is 5.01. The van der Waals surface area contributed by atoms with Crippen molar-refractivity contribution in [1.29, 1.82) is 0 Å². The van der Waals surface area contributed by atoms with Crippen molar-refractivity contribution in [3.8, 4) is 0 Å². The summed E-state index contributed by atoms with van der Waals surface area (Å²) in [5.41, 5.74) is 0.558. The molecule has 0 aromatic rings. The third kappa shape index (κ3) is 2.77. The molecular weight excluding hydrogens is 257 g/mol. The summed E-state index contributed by atoms with van der Waals surface area (Å²) in [6.45, 7) is 4.68. The average molecular weight is 280 g/mol. The van der Waals surface area contributed by atoms with Gasteiger partial charge in [0, 0.05) is 5.67 Å². The fourth-order valence-electron chi connectivity index (χ4n) is 3.69. The lowest BCUT2D eigenvalue weighted by atomic mass is 9.75. The van der Waals surface area contributed by atoms with Crippen LogP contribution in [0.5, 0.6) is 0 Å². The van der Waals surface area contributed by atoms with Gasteiger partial charge in [-0.05, 0) is 44.2 Å². The van der Waals surface area contributed by atoms with E-state index in [1.165, 1.54) is 51.6 Å². The third-order valence-corrected chi connectivity index (χ3v) is 7.37. The van der Waals surface area contributed by atoms with Crippen LogP contribution in [0.3, 0.4) is 0 Å². The molecule has 1 heterocycles. The molecule has 0 amide bonds. The van der Waals surface area contributed by atoms with Crippen LogP contribution in [0.2, 0.25) is 0 Å². The van der Waals surface area contributed by atoms with E-state index in [4.69, 9.17) is 22.2 Å². The number of piperidine rings is 1. The summed E-state index contributed by atoms with van der Waals surface area (Å²) < 4.78 is 0. The van der Waals surface area contributed by atoms with Crippen molar-refractivity contribution in [2.45, 2.75) is 51.1 Å². The van der Waals surface area contributed by atoms with Gasteiger partial charge in [-0.15, -0.1) is 22.2 Å². The molecule has 16 heavy (non-hydrogen) atoms. The predicted molar refractivity (Wildman–Crippen MR) is 74.6 cm³/mol. The zero-order valence-corrected chi connectivity index (χ0v) is 12.8. The SMILES string of the molecule is CCCN1CCC2CCCCC2C1[SiH](Cl)Cl. The van der Waals surface area contributed by atoms with Crippen molar-refractivity contribution in [1.82, 2.24) is 4.90 Å². The molecule has 1 nitrogen and oxygen atoms in total. The monoisotopic (exact) mass is 279 g/mol. The molecule has 94 valence electrons. The van der Waals surface area contributed by atoms with Crippen LogP contribution in [0.4, 0.5) is 0 Å². The van der Waals surface area contributed by atoms with Crippen molar-refractivity contribution in [2.75, 3.05) is 13.1 Å². The van der Waals surface area contributed by atoms with Gasteiger partial charge in [0.05, 0.1) is 0 Å². The topological polar surface area (TPSA) is 3.24 Å². The minimum atomic E-state index is -1.57. The Balaban J connectivity index is 2.07. The molecule has 0 aromatic carbocycles. The third-order valence-electron chi connectivity index (χ3n) is 4.38. The van der Waals surface area contributed by atoms with Crippen LogP contribution >= 0.6 is 22.2 Å². The number of likely N-dealkylation sites (tertiary alicyclic amines) is 1. The van der Waals surface area contributed by atoms with Crippen LogP contribution in [0, 0.1) is 11.8 Å². The van der Waals surface area contributed by atoms with E-state index in [0.29, 0.717) is 5.67 Å². The second-order valence-corrected chi connectivity index (χ2v) is 10.2. The zero-order valence-electron chi connectivity index (χ0n) is 10.2. The van der Waals surface area contributed by atoms with Gasteiger partial charge in [-0.25, -0.2) is 0 Å². The van der Waals surface area contributed by atoms with Crippen LogP contribution in [0.15, 0.2) is 0 Å². The van der Waals surface area contributed by atoms with E-state index in [0.717, 1.165) is 11.8 Å². The largest absolute Gasteiger partial charge is 0.301 e. The molecule has 0 bridgehead atoms. The summed E-state index contributed by atoms with van der Waals surface area (Å²) in [5, 5.41) is 0. The molecule has 3 atom stereocenters. The van der Waals surface area contributed by atoms with Gasteiger partial charge in [-0.3, -0.25) is 0 Å². The molecule has 0 N–H and O–H groups in total. The van der Waals surface area contributed by atoms with Crippen molar-refractivity contribution >= 4 is 29.6 Å². The van der Waals surface area contributed by atoms with Crippen molar-refractivity contribution in [3.63, 3.8) is 0 Å². The zero-order chi connectivity index (χ0) is 11.5. The van der Waals surface area contributed by atoms with E-state index in [1.807, 2.05) is 0 Å². The van der Waals surface area contributed by atoms with Gasteiger partial charge < -0.3 is 4.90 Å². The minimum Gasteiger partial charge on any atom is -0.301 e. The summed E-state index contributed by atoms with van der Waals surface area (Å²) in [5.74, 6) is 1.75. The van der Waals surface area contributed by atoms with E-state index < -0.39 is 7.42 Å².